The molecule has 0 aliphatic heterocycles. The Bertz CT molecular complexity index is 1370. The Balaban J connectivity index is 1.68. The summed E-state index contributed by atoms with van der Waals surface area (Å²) in [6, 6.07) is 30.0. The van der Waals surface area contributed by atoms with Crippen LogP contribution in [0, 0.1) is 6.92 Å². The van der Waals surface area contributed by atoms with E-state index in [9.17, 15) is 9.59 Å². The highest BCUT2D eigenvalue weighted by molar-refractivity contribution is 5.94. The number of benzene rings is 4. The molecule has 0 spiro atoms. The SMILES string of the molecule is Cc1cc(-c2ccccc2)c(C2CCCCC2)c(OC(=O)c2ccccc2)c1OC(=O)c1ccccc1. The summed E-state index contributed by atoms with van der Waals surface area (Å²) in [5.41, 5.74) is 4.62. The maximum Gasteiger partial charge on any atom is 0.343 e. The van der Waals surface area contributed by atoms with Gasteiger partial charge in [-0.15, -0.1) is 0 Å². The van der Waals surface area contributed by atoms with Gasteiger partial charge in [0.25, 0.3) is 0 Å². The van der Waals surface area contributed by atoms with E-state index in [0.717, 1.165) is 47.9 Å². The zero-order valence-electron chi connectivity index (χ0n) is 21.0. The van der Waals surface area contributed by atoms with Gasteiger partial charge in [0, 0.05) is 5.56 Å². The van der Waals surface area contributed by atoms with Crippen molar-refractivity contribution in [2.75, 3.05) is 0 Å². The molecule has 4 aromatic carbocycles. The number of aryl methyl sites for hydroxylation is 1. The standard InChI is InChI=1S/C33H30O4/c1-23-22-28(24-14-6-2-7-15-24)29(25-16-8-3-9-17-25)31(37-33(35)27-20-12-5-13-21-27)30(23)36-32(34)26-18-10-4-11-19-26/h2,4-7,10-15,18-22,25H,3,8-9,16-17H2,1H3. The van der Waals surface area contributed by atoms with Crippen LogP contribution in [0.15, 0.2) is 97.1 Å². The highest BCUT2D eigenvalue weighted by Crippen LogP contribution is 2.49. The second-order valence-corrected chi connectivity index (χ2v) is 9.52. The summed E-state index contributed by atoms with van der Waals surface area (Å²) < 4.78 is 12.2. The van der Waals surface area contributed by atoms with Crippen molar-refractivity contribution >= 4 is 11.9 Å². The maximum absolute atomic E-state index is 13.4. The highest BCUT2D eigenvalue weighted by Gasteiger charge is 2.30. The van der Waals surface area contributed by atoms with E-state index in [0.29, 0.717) is 22.6 Å². The van der Waals surface area contributed by atoms with Crippen LogP contribution >= 0.6 is 0 Å². The zero-order chi connectivity index (χ0) is 25.6. The molecule has 1 fully saturated rings. The summed E-state index contributed by atoms with van der Waals surface area (Å²) in [5.74, 6) is -0.110. The molecule has 5 rings (SSSR count). The van der Waals surface area contributed by atoms with Crippen LogP contribution < -0.4 is 9.47 Å². The lowest BCUT2D eigenvalue weighted by Crippen LogP contribution is -2.17. The van der Waals surface area contributed by atoms with Crippen LogP contribution in [0.3, 0.4) is 0 Å². The first-order valence-electron chi connectivity index (χ1n) is 12.9. The molecule has 1 saturated carbocycles. The van der Waals surface area contributed by atoms with E-state index in [1.807, 2.05) is 37.3 Å². The largest absolute Gasteiger partial charge is 0.419 e. The van der Waals surface area contributed by atoms with E-state index < -0.39 is 11.9 Å². The average Bonchev–Trinajstić information content (AvgIpc) is 2.96. The lowest BCUT2D eigenvalue weighted by atomic mass is 9.79. The molecular formula is C33H30O4. The van der Waals surface area contributed by atoms with Crippen LogP contribution in [0.4, 0.5) is 0 Å². The van der Waals surface area contributed by atoms with Gasteiger partial charge in [0.2, 0.25) is 0 Å². The molecule has 4 aromatic rings. The van der Waals surface area contributed by atoms with Crippen LogP contribution in [-0.2, 0) is 0 Å². The molecule has 0 heterocycles. The Kier molecular flexibility index (Phi) is 7.46. The molecule has 1 aliphatic rings. The molecule has 0 saturated heterocycles. The summed E-state index contributed by atoms with van der Waals surface area (Å²) in [6.07, 6.45) is 5.39. The first kappa shape index (κ1) is 24.5. The molecule has 0 atom stereocenters. The van der Waals surface area contributed by atoms with Gasteiger partial charge in [0.15, 0.2) is 11.5 Å². The van der Waals surface area contributed by atoms with Crippen molar-refractivity contribution in [1.82, 2.24) is 0 Å². The van der Waals surface area contributed by atoms with Gasteiger partial charge in [-0.1, -0.05) is 86.0 Å². The molecule has 4 nitrogen and oxygen atoms in total. The number of carbonyl (C=O) groups excluding carboxylic acids is 2. The fraction of sp³-hybridized carbons (Fsp3) is 0.212. The Labute approximate surface area is 217 Å². The fourth-order valence-electron chi connectivity index (χ4n) is 5.12. The minimum absolute atomic E-state index is 0.192. The molecule has 186 valence electrons. The number of ether oxygens (including phenoxy) is 2. The third kappa shape index (κ3) is 5.49. The van der Waals surface area contributed by atoms with E-state index >= 15 is 0 Å². The summed E-state index contributed by atoms with van der Waals surface area (Å²) in [5, 5.41) is 0. The Morgan fingerprint density at radius 2 is 1.14 bits per heavy atom. The fourth-order valence-corrected chi connectivity index (χ4v) is 5.12. The average molecular weight is 491 g/mol. The van der Waals surface area contributed by atoms with Gasteiger partial charge < -0.3 is 9.47 Å². The first-order valence-corrected chi connectivity index (χ1v) is 12.9. The van der Waals surface area contributed by atoms with E-state index in [1.165, 1.54) is 6.42 Å². The molecule has 0 unspecified atom stereocenters. The molecule has 0 amide bonds. The smallest absolute Gasteiger partial charge is 0.343 e. The molecule has 0 bridgehead atoms. The van der Waals surface area contributed by atoms with Crippen molar-refractivity contribution in [2.24, 2.45) is 0 Å². The van der Waals surface area contributed by atoms with Crippen LogP contribution in [0.2, 0.25) is 0 Å². The third-order valence-electron chi connectivity index (χ3n) is 6.97. The Morgan fingerprint density at radius 3 is 1.68 bits per heavy atom. The van der Waals surface area contributed by atoms with Crippen molar-refractivity contribution in [3.63, 3.8) is 0 Å². The van der Waals surface area contributed by atoms with Crippen LogP contribution in [-0.4, -0.2) is 11.9 Å². The topological polar surface area (TPSA) is 52.6 Å². The minimum atomic E-state index is -0.484. The highest BCUT2D eigenvalue weighted by atomic mass is 16.6. The van der Waals surface area contributed by atoms with Crippen molar-refractivity contribution in [2.45, 2.75) is 44.9 Å². The van der Waals surface area contributed by atoms with Crippen molar-refractivity contribution in [1.29, 1.82) is 0 Å². The lowest BCUT2D eigenvalue weighted by Gasteiger charge is -2.28. The number of rotatable bonds is 6. The van der Waals surface area contributed by atoms with Crippen molar-refractivity contribution < 1.29 is 19.1 Å². The van der Waals surface area contributed by atoms with Gasteiger partial charge in [0.1, 0.15) is 0 Å². The summed E-state index contributed by atoms with van der Waals surface area (Å²) >= 11 is 0. The van der Waals surface area contributed by atoms with Crippen LogP contribution in [0.25, 0.3) is 11.1 Å². The predicted octanol–water partition coefficient (Wildman–Crippen LogP) is 8.15. The number of hydrogen-bond acceptors (Lipinski definition) is 4. The lowest BCUT2D eigenvalue weighted by molar-refractivity contribution is 0.0679. The predicted molar refractivity (Wildman–Crippen MR) is 145 cm³/mol. The van der Waals surface area contributed by atoms with Crippen LogP contribution in [0.1, 0.15) is 69.9 Å². The van der Waals surface area contributed by atoms with E-state index in [4.69, 9.17) is 9.47 Å². The van der Waals surface area contributed by atoms with E-state index in [1.54, 1.807) is 48.5 Å². The number of carbonyl (C=O) groups is 2. The Morgan fingerprint density at radius 1 is 0.649 bits per heavy atom. The second-order valence-electron chi connectivity index (χ2n) is 9.52. The minimum Gasteiger partial charge on any atom is -0.419 e. The molecule has 1 aliphatic carbocycles. The molecular weight excluding hydrogens is 460 g/mol. The molecule has 0 N–H and O–H groups in total. The van der Waals surface area contributed by atoms with Gasteiger partial charge in [0.05, 0.1) is 11.1 Å². The van der Waals surface area contributed by atoms with E-state index in [2.05, 4.69) is 18.2 Å². The third-order valence-corrected chi connectivity index (χ3v) is 6.97. The first-order chi connectivity index (χ1) is 18.1. The van der Waals surface area contributed by atoms with Crippen molar-refractivity contribution in [3.8, 4) is 22.6 Å². The molecule has 0 radical (unpaired) electrons. The Hall–Kier alpha value is -4.18. The molecule has 37 heavy (non-hydrogen) atoms. The number of esters is 2. The van der Waals surface area contributed by atoms with Gasteiger partial charge in [-0.3, -0.25) is 0 Å². The quantitative estimate of drug-likeness (QED) is 0.202. The van der Waals surface area contributed by atoms with Gasteiger partial charge in [-0.25, -0.2) is 9.59 Å². The van der Waals surface area contributed by atoms with E-state index in [-0.39, 0.29) is 5.92 Å². The summed E-state index contributed by atoms with van der Waals surface area (Å²) in [4.78, 5) is 26.5. The molecule has 4 heteroatoms. The summed E-state index contributed by atoms with van der Waals surface area (Å²) in [6.45, 7) is 1.89. The monoisotopic (exact) mass is 490 g/mol. The second kappa shape index (κ2) is 11.3. The van der Waals surface area contributed by atoms with Gasteiger partial charge >= 0.3 is 11.9 Å². The molecule has 0 aromatic heterocycles. The van der Waals surface area contributed by atoms with Gasteiger partial charge in [-0.05, 0) is 72.7 Å². The van der Waals surface area contributed by atoms with Crippen molar-refractivity contribution in [3.05, 3.63) is 119 Å². The van der Waals surface area contributed by atoms with Gasteiger partial charge in [-0.2, -0.15) is 0 Å². The zero-order valence-corrected chi connectivity index (χ0v) is 21.0. The maximum atomic E-state index is 13.4. The number of hydrogen-bond donors (Lipinski definition) is 0. The van der Waals surface area contributed by atoms with Crippen LogP contribution in [0.5, 0.6) is 11.5 Å². The normalized spacial score (nSPS) is 13.6. The summed E-state index contributed by atoms with van der Waals surface area (Å²) in [7, 11) is 0.